The van der Waals surface area contributed by atoms with E-state index in [0.717, 1.165) is 0 Å². The van der Waals surface area contributed by atoms with Gasteiger partial charge in [-0.2, -0.15) is 0 Å². The van der Waals surface area contributed by atoms with Gasteiger partial charge in [0.15, 0.2) is 0 Å². The van der Waals surface area contributed by atoms with Gasteiger partial charge in [0.1, 0.15) is 0 Å². The Bertz CT molecular complexity index is 31.5. The molecule has 0 aliphatic rings. The molecule has 0 spiro atoms. The molecule has 0 aromatic rings. The van der Waals surface area contributed by atoms with E-state index in [4.69, 9.17) is 19.2 Å². The van der Waals surface area contributed by atoms with Crippen molar-refractivity contribution in [2.24, 2.45) is 0 Å². The van der Waals surface area contributed by atoms with Crippen LogP contribution < -0.4 is 0 Å². The topological polar surface area (TPSA) is 80.9 Å². The summed E-state index contributed by atoms with van der Waals surface area (Å²) in [6, 6.07) is 0. The Morgan fingerprint density at radius 3 is 0.875 bits per heavy atom. The summed E-state index contributed by atoms with van der Waals surface area (Å²) in [6.45, 7) is 0. The molecule has 0 bridgehead atoms. The molecule has 0 rings (SSSR count). The van der Waals surface area contributed by atoms with Crippen LogP contribution in [-0.4, -0.2) is 127 Å². The van der Waals surface area contributed by atoms with E-state index in [1.807, 2.05) is 0 Å². The zero-order valence-electron chi connectivity index (χ0n) is 4.87. The Labute approximate surface area is 124 Å². The Hall–Kier alpha value is 3.23. The summed E-state index contributed by atoms with van der Waals surface area (Å²) in [6.07, 6.45) is 0. The molecule has 37 valence electrons. The van der Waals surface area contributed by atoms with E-state index in [-0.39, 0.29) is 98.3 Å². The van der Waals surface area contributed by atoms with Crippen molar-refractivity contribution in [3.8, 4) is 0 Å². The average molecular weight is 185 g/mol. The van der Waals surface area contributed by atoms with E-state index in [9.17, 15) is 0 Å². The molecule has 0 aromatic carbocycles. The molecule has 0 heterocycles. The summed E-state index contributed by atoms with van der Waals surface area (Å²) in [5.41, 5.74) is 0. The molecular weight excluding hydrogens is 181 g/mol. The summed E-state index contributed by atoms with van der Waals surface area (Å²) >= 11 is 0. The van der Waals surface area contributed by atoms with Crippen LogP contribution in [0.3, 0.4) is 0 Å². The molecule has 0 aromatic heterocycles. The minimum absolute atomic E-state index is 0. The molecule has 0 amide bonds. The van der Waals surface area contributed by atoms with Crippen LogP contribution in [0.4, 0.5) is 0 Å². The minimum Gasteiger partial charge on any atom is -0.368 e. The normalized spacial score (nSPS) is 7.50. The molecule has 8 heteroatoms. The van der Waals surface area contributed by atoms with Crippen LogP contribution in [0.25, 0.3) is 0 Å². The molecule has 0 aliphatic carbocycles. The molecule has 0 atom stereocenters. The van der Waals surface area contributed by atoms with Gasteiger partial charge < -0.3 is 19.2 Å². The van der Waals surface area contributed by atoms with E-state index in [2.05, 4.69) is 0 Å². The first kappa shape index (κ1) is 22.5. The first-order valence-corrected chi connectivity index (χ1v) is 2.68. The Morgan fingerprint density at radius 2 is 0.875 bits per heavy atom. The van der Waals surface area contributed by atoms with Gasteiger partial charge in [0, 0.05) is 98.3 Å². The van der Waals surface area contributed by atoms with Crippen molar-refractivity contribution in [2.45, 2.75) is 0 Å². The van der Waals surface area contributed by atoms with Crippen LogP contribution in [0.15, 0.2) is 0 Å². The van der Waals surface area contributed by atoms with Gasteiger partial charge in [0.2, 0.25) is 0 Å². The zero-order valence-corrected chi connectivity index (χ0v) is 12.1. The molecule has 0 saturated heterocycles. The van der Waals surface area contributed by atoms with Crippen molar-refractivity contribution < 1.29 is 19.2 Å². The molecule has 0 aliphatic heterocycles. The Kier molecular flexibility index (Phi) is 28.7. The summed E-state index contributed by atoms with van der Waals surface area (Å²) in [7, 11) is -4.61. The fraction of sp³-hybridized carbons (Fsp3) is 0. The van der Waals surface area contributed by atoms with Crippen molar-refractivity contribution in [2.75, 3.05) is 0 Å². The first-order chi connectivity index (χ1) is 2.00. The van der Waals surface area contributed by atoms with Crippen LogP contribution in [-0.2, 0) is 0 Å². The Balaban J connectivity index is -0.0000000267. The third-order valence-corrected chi connectivity index (χ3v) is 0. The largest absolute Gasteiger partial charge is 0.668 e. The van der Waals surface area contributed by atoms with Gasteiger partial charge in [-0.1, -0.05) is 0 Å². The summed E-state index contributed by atoms with van der Waals surface area (Å²) in [4.78, 5) is 29.3. The average Bonchev–Trinajstić information content (AvgIpc) is 0.722. The number of rotatable bonds is 0. The Morgan fingerprint density at radius 1 is 0.875 bits per heavy atom. The quantitative estimate of drug-likeness (QED) is 0.292. The molecule has 8 heavy (non-hydrogen) atoms. The van der Waals surface area contributed by atoms with Gasteiger partial charge in [-0.05, 0) is 0 Å². The second-order valence-corrected chi connectivity index (χ2v) is 1.80. The fourth-order valence-corrected chi connectivity index (χ4v) is 0. The van der Waals surface area contributed by atoms with Gasteiger partial charge in [-0.25, -0.2) is 0 Å². The molecule has 4 nitrogen and oxygen atoms in total. The van der Waals surface area contributed by atoms with Crippen LogP contribution in [0.5, 0.6) is 0 Å². The van der Waals surface area contributed by atoms with E-state index >= 15 is 0 Å². The van der Waals surface area contributed by atoms with Crippen LogP contribution >= 0.6 is 0 Å². The second kappa shape index (κ2) is 10.2. The summed E-state index contributed by atoms with van der Waals surface area (Å²) < 4.78 is 0. The molecule has 0 fully saturated rings. The zero-order chi connectivity index (χ0) is 4.50. The number of hydrogen-bond acceptors (Lipinski definition) is 4. The van der Waals surface area contributed by atoms with Crippen LogP contribution in [0.2, 0.25) is 0 Å². The maximum atomic E-state index is 7.33. The predicted octanol–water partition coefficient (Wildman–Crippen LogP) is -3.75. The van der Waals surface area contributed by atoms with Crippen LogP contribution in [0.1, 0.15) is 0 Å². The van der Waals surface area contributed by atoms with Gasteiger partial charge in [-0.3, -0.25) is 0 Å². The van der Waals surface area contributed by atoms with Gasteiger partial charge in [-0.15, -0.1) is 0 Å². The van der Waals surface area contributed by atoms with Crippen molar-refractivity contribution in [3.05, 3.63) is 0 Å². The maximum absolute atomic E-state index is 7.33. The van der Waals surface area contributed by atoms with Crippen molar-refractivity contribution in [1.82, 2.24) is 0 Å². The fourth-order valence-electron chi connectivity index (χ4n) is 0. The molecular formula is H4AlKNaO4Si. The molecule has 0 unspecified atom stereocenters. The van der Waals surface area contributed by atoms with Crippen molar-refractivity contribution in [3.63, 3.8) is 0 Å². The summed E-state index contributed by atoms with van der Waals surface area (Å²) in [5.74, 6) is 0. The van der Waals surface area contributed by atoms with E-state index in [1.54, 1.807) is 0 Å². The monoisotopic (exact) mass is 185 g/mol. The van der Waals surface area contributed by atoms with Crippen LogP contribution in [0, 0.1) is 0 Å². The minimum atomic E-state index is -4.61. The third-order valence-electron chi connectivity index (χ3n) is 0. The maximum Gasteiger partial charge on any atom is 0.668 e. The summed E-state index contributed by atoms with van der Waals surface area (Å²) in [5, 5.41) is 0. The van der Waals surface area contributed by atoms with Crippen molar-refractivity contribution >= 4 is 107 Å². The van der Waals surface area contributed by atoms with E-state index < -0.39 is 9.05 Å². The van der Waals surface area contributed by atoms with Gasteiger partial charge in [0.05, 0.1) is 0 Å². The van der Waals surface area contributed by atoms with Gasteiger partial charge in [0.25, 0.3) is 0 Å². The number of hydrogen-bond donors (Lipinski definition) is 4. The smallest absolute Gasteiger partial charge is 0.368 e. The van der Waals surface area contributed by atoms with E-state index in [0.29, 0.717) is 0 Å². The predicted molar refractivity (Wildman–Crippen MR) is 31.9 cm³/mol. The van der Waals surface area contributed by atoms with Crippen molar-refractivity contribution in [1.29, 1.82) is 0 Å². The second-order valence-electron chi connectivity index (χ2n) is 0.600. The van der Waals surface area contributed by atoms with Gasteiger partial charge >= 0.3 is 9.05 Å². The molecule has 5 radical (unpaired) electrons. The molecule has 0 saturated carbocycles. The standard InChI is InChI=1S/Al.K.Na.H4O4Si/c;;;1-5(2,3)4/h;;;1-4H. The third kappa shape index (κ3) is 60.0. The molecule has 4 N–H and O–H groups in total. The first-order valence-electron chi connectivity index (χ1n) is 0.894. The SMILES string of the molecule is O[Si](O)(O)O.[Al].[K].[Na]. The van der Waals surface area contributed by atoms with E-state index in [1.165, 1.54) is 0 Å².